The molecule has 6 nitrogen and oxygen atoms in total. The van der Waals surface area contributed by atoms with E-state index in [1.807, 2.05) is 49.6 Å². The normalized spacial score (nSPS) is 16.9. The van der Waals surface area contributed by atoms with Crippen LogP contribution in [0.1, 0.15) is 87.6 Å². The van der Waals surface area contributed by atoms with Crippen LogP contribution in [0.25, 0.3) is 0 Å². The van der Waals surface area contributed by atoms with Gasteiger partial charge in [0.2, 0.25) is 5.91 Å². The molecule has 1 heterocycles. The minimum atomic E-state index is -0.640. The van der Waals surface area contributed by atoms with Crippen molar-refractivity contribution in [2.45, 2.75) is 87.5 Å². The van der Waals surface area contributed by atoms with Gasteiger partial charge in [-0.25, -0.2) is 4.79 Å². The minimum Gasteiger partial charge on any atom is -0.444 e. The quantitative estimate of drug-likeness (QED) is 0.0976. The van der Waals surface area contributed by atoms with Crippen LogP contribution < -0.4 is 10.6 Å². The number of ether oxygens (including phenoxy) is 1. The zero-order valence-electron chi connectivity index (χ0n) is 34.1. The van der Waals surface area contributed by atoms with Gasteiger partial charge in [-0.15, -0.1) is 11.8 Å². The zero-order valence-corrected chi connectivity index (χ0v) is 35.0. The molecular weight excluding hydrogens is 723 g/mol. The molecule has 1 fully saturated rings. The number of rotatable bonds is 16. The fraction of sp³-hybridized carbons (Fsp3) is 0.360. The number of hydrogen-bond acceptors (Lipinski definition) is 5. The molecular formula is C50H59N3O3S. The fourth-order valence-corrected chi connectivity index (χ4v) is 9.94. The van der Waals surface area contributed by atoms with Gasteiger partial charge in [-0.2, -0.15) is 0 Å². The van der Waals surface area contributed by atoms with Crippen molar-refractivity contribution in [3.8, 4) is 0 Å². The smallest absolute Gasteiger partial charge is 0.410 e. The number of thioether (sulfide) groups is 1. The largest absolute Gasteiger partial charge is 0.444 e. The molecule has 1 aliphatic heterocycles. The van der Waals surface area contributed by atoms with Crippen molar-refractivity contribution in [2.75, 3.05) is 19.6 Å². The lowest BCUT2D eigenvalue weighted by Gasteiger charge is -2.37. The van der Waals surface area contributed by atoms with E-state index < -0.39 is 16.4 Å². The maximum absolute atomic E-state index is 14.0. The monoisotopic (exact) mass is 781 g/mol. The van der Waals surface area contributed by atoms with Crippen molar-refractivity contribution in [3.63, 3.8) is 0 Å². The van der Waals surface area contributed by atoms with Gasteiger partial charge >= 0.3 is 6.09 Å². The van der Waals surface area contributed by atoms with Crippen LogP contribution in [0.2, 0.25) is 0 Å². The Hall–Kier alpha value is -4.85. The predicted octanol–water partition coefficient (Wildman–Crippen LogP) is 10.4. The summed E-state index contributed by atoms with van der Waals surface area (Å²) in [4.78, 5) is 29.9. The molecule has 2 amide bonds. The summed E-state index contributed by atoms with van der Waals surface area (Å²) >= 11 is 1.91. The molecule has 0 saturated carbocycles. The number of nitrogens with one attached hydrogen (secondary N) is 2. The first-order valence-corrected chi connectivity index (χ1v) is 21.4. The van der Waals surface area contributed by atoms with E-state index in [0.29, 0.717) is 19.6 Å². The zero-order chi connectivity index (χ0) is 40.3. The topological polar surface area (TPSA) is 70.7 Å². The lowest BCUT2D eigenvalue weighted by molar-refractivity contribution is -0.124. The Morgan fingerprint density at radius 3 is 1.63 bits per heavy atom. The number of likely N-dealkylation sites (tertiary alicyclic amines) is 1. The second kappa shape index (κ2) is 19.5. The van der Waals surface area contributed by atoms with Gasteiger partial charge < -0.3 is 20.3 Å². The highest BCUT2D eigenvalue weighted by atomic mass is 32.2. The Bertz CT molecular complexity index is 1840. The molecule has 0 aromatic heterocycles. The Labute approximate surface area is 344 Å². The van der Waals surface area contributed by atoms with Crippen LogP contribution in [-0.2, 0) is 14.3 Å². The van der Waals surface area contributed by atoms with E-state index in [1.54, 1.807) is 0 Å². The number of hydrogen-bond donors (Lipinski definition) is 2. The molecule has 0 radical (unpaired) electrons. The first kappa shape index (κ1) is 41.8. The number of amides is 2. The van der Waals surface area contributed by atoms with Gasteiger partial charge in [-0.1, -0.05) is 172 Å². The third-order valence-corrected chi connectivity index (χ3v) is 12.8. The van der Waals surface area contributed by atoms with Crippen LogP contribution in [0.15, 0.2) is 152 Å². The maximum atomic E-state index is 14.0. The maximum Gasteiger partial charge on any atom is 0.410 e. The van der Waals surface area contributed by atoms with Gasteiger partial charge in [0.05, 0.1) is 10.8 Å². The van der Waals surface area contributed by atoms with E-state index >= 15 is 0 Å². The van der Waals surface area contributed by atoms with Gasteiger partial charge in [0.15, 0.2) is 0 Å². The van der Waals surface area contributed by atoms with E-state index in [-0.39, 0.29) is 35.1 Å². The summed E-state index contributed by atoms with van der Waals surface area (Å²) in [7, 11) is 0. The van der Waals surface area contributed by atoms with Gasteiger partial charge in [-0.3, -0.25) is 4.79 Å². The average Bonchev–Trinajstić information content (AvgIpc) is 3.65. The molecule has 298 valence electrons. The molecule has 1 saturated heterocycles. The lowest BCUT2D eigenvalue weighted by atomic mass is 9.84. The molecule has 5 aromatic rings. The number of benzene rings is 5. The van der Waals surface area contributed by atoms with Crippen molar-refractivity contribution in [2.24, 2.45) is 5.92 Å². The molecule has 0 unspecified atom stereocenters. The molecule has 1 aliphatic rings. The van der Waals surface area contributed by atoms with E-state index in [2.05, 4.69) is 164 Å². The summed E-state index contributed by atoms with van der Waals surface area (Å²) in [6.45, 7) is 11.5. The van der Waals surface area contributed by atoms with Crippen molar-refractivity contribution < 1.29 is 14.3 Å². The summed E-state index contributed by atoms with van der Waals surface area (Å²) in [6, 6.07) is 52.5. The van der Waals surface area contributed by atoms with E-state index in [4.69, 9.17) is 4.74 Å². The second-order valence-electron chi connectivity index (χ2n) is 16.3. The SMILES string of the molecule is CC[C@H](C)[C@H](NC[C@H]1C[C@@H](SC(c2ccccc2)(c2ccccc2)c2ccccc2)CN1C(=O)OC(C)(C)C)C(=O)NCCC(c1ccccc1)c1ccccc1. The van der Waals surface area contributed by atoms with Crippen LogP contribution in [0, 0.1) is 5.92 Å². The first-order chi connectivity index (χ1) is 27.6. The van der Waals surface area contributed by atoms with Crippen molar-refractivity contribution in [1.82, 2.24) is 15.5 Å². The highest BCUT2D eigenvalue weighted by Gasteiger charge is 2.45. The van der Waals surface area contributed by atoms with Gasteiger partial charge in [0, 0.05) is 36.8 Å². The van der Waals surface area contributed by atoms with Gasteiger partial charge in [0.1, 0.15) is 5.60 Å². The first-order valence-electron chi connectivity index (χ1n) is 20.5. The summed E-state index contributed by atoms with van der Waals surface area (Å²) < 4.78 is 5.51. The molecule has 5 aromatic carbocycles. The molecule has 6 rings (SSSR count). The molecule has 57 heavy (non-hydrogen) atoms. The van der Waals surface area contributed by atoms with Crippen LogP contribution in [0.3, 0.4) is 0 Å². The fourth-order valence-electron chi connectivity index (χ4n) is 8.07. The number of carbonyl (C=O) groups is 2. The second-order valence-corrected chi connectivity index (χ2v) is 17.8. The number of carbonyl (C=O) groups excluding carboxylic acids is 2. The summed E-state index contributed by atoms with van der Waals surface area (Å²) in [5.74, 6) is 0.258. The molecule has 2 N–H and O–H groups in total. The molecule has 0 aliphatic carbocycles. The molecule has 4 atom stereocenters. The molecule has 0 spiro atoms. The number of nitrogens with zero attached hydrogens (tertiary/aromatic N) is 1. The summed E-state index contributed by atoms with van der Waals surface area (Å²) in [5, 5.41) is 7.04. The van der Waals surface area contributed by atoms with Crippen LogP contribution >= 0.6 is 11.8 Å². The van der Waals surface area contributed by atoms with Gasteiger partial charge in [-0.05, 0) is 67.3 Å². The Balaban J connectivity index is 1.23. The Kier molecular flexibility index (Phi) is 14.3. The van der Waals surface area contributed by atoms with Crippen molar-refractivity contribution >= 4 is 23.8 Å². The molecule has 0 bridgehead atoms. The minimum absolute atomic E-state index is 0.00628. The Morgan fingerprint density at radius 2 is 1.19 bits per heavy atom. The third-order valence-electron chi connectivity index (χ3n) is 11.1. The van der Waals surface area contributed by atoms with Crippen molar-refractivity contribution in [1.29, 1.82) is 0 Å². The van der Waals surface area contributed by atoms with Crippen LogP contribution in [0.5, 0.6) is 0 Å². The average molecular weight is 782 g/mol. The lowest BCUT2D eigenvalue weighted by Crippen LogP contribution is -2.52. The van der Waals surface area contributed by atoms with Crippen LogP contribution in [-0.4, -0.2) is 59.5 Å². The third kappa shape index (κ3) is 10.6. The van der Waals surface area contributed by atoms with Crippen molar-refractivity contribution in [3.05, 3.63) is 179 Å². The standard InChI is InChI=1S/C50H59N3O3S/c1-6-37(2)46(47(54)51-33-32-45(38-22-12-7-13-23-38)39-24-14-8-15-25-39)52-35-43-34-44(36-53(43)48(55)56-49(3,4)5)57-50(40-26-16-9-17-27-40,41-28-18-10-19-29-41)42-30-20-11-21-31-42/h7-31,37,43-46,52H,6,32-36H2,1-5H3,(H,51,54)/t37-,43+,44+,46-/m0/s1. The van der Waals surface area contributed by atoms with Crippen LogP contribution in [0.4, 0.5) is 4.79 Å². The molecule has 7 heteroatoms. The Morgan fingerprint density at radius 1 is 0.737 bits per heavy atom. The summed E-state index contributed by atoms with van der Waals surface area (Å²) in [6.07, 6.45) is 2.05. The van der Waals surface area contributed by atoms with Gasteiger partial charge in [0.25, 0.3) is 0 Å². The summed E-state index contributed by atoms with van der Waals surface area (Å²) in [5.41, 5.74) is 5.40. The van der Waals surface area contributed by atoms with E-state index in [0.717, 1.165) is 19.3 Å². The highest BCUT2D eigenvalue weighted by molar-refractivity contribution is 8.01. The van der Waals surface area contributed by atoms with E-state index in [1.165, 1.54) is 27.8 Å². The highest BCUT2D eigenvalue weighted by Crippen LogP contribution is 2.52. The van der Waals surface area contributed by atoms with E-state index in [9.17, 15) is 9.59 Å². The predicted molar refractivity (Wildman–Crippen MR) is 236 cm³/mol.